The second-order valence-corrected chi connectivity index (χ2v) is 7.27. The number of halogens is 2. The summed E-state index contributed by atoms with van der Waals surface area (Å²) in [7, 11) is 4.28. The first-order valence-electron chi connectivity index (χ1n) is 8.47. The second-order valence-electron chi connectivity index (χ2n) is 6.01. The number of anilines is 1. The van der Waals surface area contributed by atoms with Crippen molar-refractivity contribution in [2.75, 3.05) is 26.2 Å². The first-order chi connectivity index (χ1) is 14.3. The number of benzene rings is 2. The molecule has 1 heterocycles. The van der Waals surface area contributed by atoms with Crippen LogP contribution in [0.5, 0.6) is 17.2 Å². The minimum Gasteiger partial charge on any atom is -0.496 e. The van der Waals surface area contributed by atoms with E-state index in [4.69, 9.17) is 25.8 Å². The number of methoxy groups -OCH3 is 3. The molecule has 1 aliphatic heterocycles. The summed E-state index contributed by atoms with van der Waals surface area (Å²) in [4.78, 5) is 38.8. The molecule has 1 aliphatic rings. The molecule has 2 aromatic carbocycles. The number of hydrogen-bond donors (Lipinski definition) is 1. The Hall–Kier alpha value is -3.04. The Bertz CT molecular complexity index is 1090. The van der Waals surface area contributed by atoms with E-state index in [1.807, 2.05) is 0 Å². The molecule has 4 amide bonds. The van der Waals surface area contributed by atoms with Crippen molar-refractivity contribution >= 4 is 57.1 Å². The Kier molecular flexibility index (Phi) is 6.33. The summed E-state index contributed by atoms with van der Waals surface area (Å²) in [5.41, 5.74) is 0.398. The summed E-state index contributed by atoms with van der Waals surface area (Å²) in [6.45, 7) is 0. The van der Waals surface area contributed by atoms with E-state index < -0.39 is 17.8 Å². The van der Waals surface area contributed by atoms with Crippen molar-refractivity contribution in [3.8, 4) is 17.2 Å². The summed E-state index contributed by atoms with van der Waals surface area (Å²) in [6, 6.07) is 6.91. The molecular formula is C20H16BrClN2O6. The lowest BCUT2D eigenvalue weighted by molar-refractivity contribution is -0.122. The largest absolute Gasteiger partial charge is 0.496 e. The molecule has 0 aromatic heterocycles. The zero-order chi connectivity index (χ0) is 22.0. The van der Waals surface area contributed by atoms with Gasteiger partial charge in [-0.15, -0.1) is 0 Å². The number of carbonyl (C=O) groups excluding carboxylic acids is 3. The maximum absolute atomic E-state index is 13.1. The van der Waals surface area contributed by atoms with Crippen molar-refractivity contribution in [3.63, 3.8) is 0 Å². The highest BCUT2D eigenvalue weighted by molar-refractivity contribution is 9.10. The van der Waals surface area contributed by atoms with Crippen molar-refractivity contribution in [1.29, 1.82) is 0 Å². The third-order valence-corrected chi connectivity index (χ3v) is 5.20. The van der Waals surface area contributed by atoms with Gasteiger partial charge in [0.15, 0.2) is 0 Å². The van der Waals surface area contributed by atoms with Crippen LogP contribution in [0, 0.1) is 0 Å². The van der Waals surface area contributed by atoms with E-state index in [0.29, 0.717) is 15.8 Å². The van der Waals surface area contributed by atoms with Gasteiger partial charge in [0.1, 0.15) is 22.8 Å². The molecule has 10 heteroatoms. The van der Waals surface area contributed by atoms with E-state index in [9.17, 15) is 14.4 Å². The topological polar surface area (TPSA) is 94.2 Å². The molecule has 30 heavy (non-hydrogen) atoms. The first-order valence-corrected chi connectivity index (χ1v) is 9.64. The number of rotatable bonds is 5. The molecular weight excluding hydrogens is 480 g/mol. The van der Waals surface area contributed by atoms with Gasteiger partial charge in [0.2, 0.25) is 0 Å². The fourth-order valence-electron chi connectivity index (χ4n) is 2.83. The highest BCUT2D eigenvalue weighted by Gasteiger charge is 2.38. The summed E-state index contributed by atoms with van der Waals surface area (Å²) in [5.74, 6) is -0.655. The molecule has 0 bridgehead atoms. The van der Waals surface area contributed by atoms with Gasteiger partial charge in [0.05, 0.1) is 36.5 Å². The molecule has 0 saturated carbocycles. The highest BCUT2D eigenvalue weighted by Crippen LogP contribution is 2.39. The molecule has 0 atom stereocenters. The maximum Gasteiger partial charge on any atom is 0.336 e. The fraction of sp³-hybridized carbons (Fsp3) is 0.150. The normalized spacial score (nSPS) is 15.3. The van der Waals surface area contributed by atoms with Crippen LogP contribution in [0.4, 0.5) is 10.5 Å². The van der Waals surface area contributed by atoms with Crippen molar-refractivity contribution in [3.05, 3.63) is 51.0 Å². The molecule has 156 valence electrons. The number of ether oxygens (including phenoxy) is 3. The predicted molar refractivity (Wildman–Crippen MR) is 114 cm³/mol. The number of barbiturate groups is 1. The van der Waals surface area contributed by atoms with Crippen LogP contribution in [-0.4, -0.2) is 39.2 Å². The van der Waals surface area contributed by atoms with Gasteiger partial charge in [0, 0.05) is 12.1 Å². The SMILES string of the molecule is COc1cc(N2C(=O)NC(=O)/C(=C\c3ccc(OC)c(Br)c3)C2=O)c(OC)cc1Cl. The quantitative estimate of drug-likeness (QED) is 0.501. The summed E-state index contributed by atoms with van der Waals surface area (Å²) in [6.07, 6.45) is 1.38. The van der Waals surface area contributed by atoms with Crippen LogP contribution in [0.15, 0.2) is 40.4 Å². The lowest BCUT2D eigenvalue weighted by Gasteiger charge is -2.28. The van der Waals surface area contributed by atoms with E-state index in [0.717, 1.165) is 4.90 Å². The number of urea groups is 1. The number of carbonyl (C=O) groups is 3. The predicted octanol–water partition coefficient (Wildman–Crippen LogP) is 3.79. The van der Waals surface area contributed by atoms with Crippen molar-refractivity contribution in [2.45, 2.75) is 0 Å². The van der Waals surface area contributed by atoms with Gasteiger partial charge in [-0.25, -0.2) is 9.69 Å². The van der Waals surface area contributed by atoms with Gasteiger partial charge >= 0.3 is 6.03 Å². The smallest absolute Gasteiger partial charge is 0.336 e. The zero-order valence-electron chi connectivity index (χ0n) is 16.1. The number of nitrogens with zero attached hydrogens (tertiary/aromatic N) is 1. The second kappa shape index (κ2) is 8.76. The Morgan fingerprint density at radius 2 is 1.63 bits per heavy atom. The zero-order valence-corrected chi connectivity index (χ0v) is 18.5. The average Bonchev–Trinajstić information content (AvgIpc) is 2.71. The minimum atomic E-state index is -0.916. The molecule has 0 spiro atoms. The highest BCUT2D eigenvalue weighted by atomic mass is 79.9. The average molecular weight is 496 g/mol. The lowest BCUT2D eigenvalue weighted by atomic mass is 10.1. The Morgan fingerprint density at radius 3 is 2.23 bits per heavy atom. The van der Waals surface area contributed by atoms with E-state index in [1.54, 1.807) is 18.2 Å². The Balaban J connectivity index is 2.08. The van der Waals surface area contributed by atoms with Crippen LogP contribution in [0.2, 0.25) is 5.02 Å². The molecule has 3 rings (SSSR count). The van der Waals surface area contributed by atoms with Gasteiger partial charge in [0.25, 0.3) is 11.8 Å². The number of nitrogens with one attached hydrogen (secondary N) is 1. The van der Waals surface area contributed by atoms with Crippen LogP contribution in [0.25, 0.3) is 6.08 Å². The van der Waals surface area contributed by atoms with E-state index in [-0.39, 0.29) is 27.8 Å². The van der Waals surface area contributed by atoms with Gasteiger partial charge in [-0.3, -0.25) is 14.9 Å². The first kappa shape index (κ1) is 21.7. The lowest BCUT2D eigenvalue weighted by Crippen LogP contribution is -2.54. The third kappa shape index (κ3) is 3.99. The number of imide groups is 2. The monoisotopic (exact) mass is 494 g/mol. The third-order valence-electron chi connectivity index (χ3n) is 4.28. The van der Waals surface area contributed by atoms with Crippen LogP contribution in [0.1, 0.15) is 5.56 Å². The Morgan fingerprint density at radius 1 is 0.967 bits per heavy atom. The van der Waals surface area contributed by atoms with Crippen LogP contribution in [0.3, 0.4) is 0 Å². The molecule has 1 N–H and O–H groups in total. The molecule has 2 aromatic rings. The van der Waals surface area contributed by atoms with Gasteiger partial charge in [-0.1, -0.05) is 17.7 Å². The summed E-state index contributed by atoms with van der Waals surface area (Å²) >= 11 is 9.46. The number of amides is 4. The maximum atomic E-state index is 13.1. The molecule has 1 saturated heterocycles. The standard InChI is InChI=1S/C20H16BrClN2O6/c1-28-15-5-4-10(7-12(15)21)6-11-18(25)23-20(27)24(19(11)26)14-9-16(29-2)13(22)8-17(14)30-3/h4-9H,1-3H3,(H,23,25,27)/b11-6+. The molecule has 8 nitrogen and oxygen atoms in total. The number of hydrogen-bond acceptors (Lipinski definition) is 6. The minimum absolute atomic E-state index is 0.0792. The molecule has 0 unspecified atom stereocenters. The van der Waals surface area contributed by atoms with Gasteiger partial charge in [-0.05, 0) is 39.7 Å². The van der Waals surface area contributed by atoms with Crippen LogP contribution in [-0.2, 0) is 9.59 Å². The van der Waals surface area contributed by atoms with Gasteiger partial charge in [-0.2, -0.15) is 0 Å². The molecule has 1 fully saturated rings. The summed E-state index contributed by atoms with van der Waals surface area (Å²) in [5, 5.41) is 2.40. The molecule has 0 radical (unpaired) electrons. The van der Waals surface area contributed by atoms with Gasteiger partial charge < -0.3 is 14.2 Å². The molecule has 0 aliphatic carbocycles. The van der Waals surface area contributed by atoms with Crippen LogP contribution >= 0.6 is 27.5 Å². The van der Waals surface area contributed by atoms with Crippen LogP contribution < -0.4 is 24.4 Å². The van der Waals surface area contributed by atoms with Crippen molar-refractivity contribution in [1.82, 2.24) is 5.32 Å². The Labute approximate surface area is 185 Å². The van der Waals surface area contributed by atoms with Crippen molar-refractivity contribution in [2.24, 2.45) is 0 Å². The van der Waals surface area contributed by atoms with E-state index in [1.165, 1.54) is 39.5 Å². The van der Waals surface area contributed by atoms with Crippen molar-refractivity contribution < 1.29 is 28.6 Å². The fourth-order valence-corrected chi connectivity index (χ4v) is 3.62. The van der Waals surface area contributed by atoms with E-state index in [2.05, 4.69) is 21.2 Å². The summed E-state index contributed by atoms with van der Waals surface area (Å²) < 4.78 is 16.2. The van der Waals surface area contributed by atoms with E-state index >= 15 is 0 Å².